The zero-order chi connectivity index (χ0) is 14.7. The molecule has 0 bridgehead atoms. The maximum absolute atomic E-state index is 13.7. The van der Waals surface area contributed by atoms with Crippen LogP contribution in [-0.4, -0.2) is 5.91 Å². The molecule has 20 heavy (non-hydrogen) atoms. The molecule has 0 atom stereocenters. The summed E-state index contributed by atoms with van der Waals surface area (Å²) >= 11 is 1.15. The number of benzene rings is 2. The molecular weight excluding hydrogens is 282 g/mol. The summed E-state index contributed by atoms with van der Waals surface area (Å²) in [6.45, 7) is 0. The van der Waals surface area contributed by atoms with Gasteiger partial charge in [0.1, 0.15) is 11.6 Å². The predicted octanol–water partition coefficient (Wildman–Crippen LogP) is 2.94. The van der Waals surface area contributed by atoms with Crippen molar-refractivity contribution in [2.45, 2.75) is 10.6 Å². The molecule has 0 aliphatic rings. The molecule has 0 heterocycles. The Bertz CT molecular complexity index is 662. The number of halogens is 2. The highest BCUT2D eigenvalue weighted by atomic mass is 32.2. The summed E-state index contributed by atoms with van der Waals surface area (Å²) in [5.74, 6) is -1.42. The van der Waals surface area contributed by atoms with Crippen molar-refractivity contribution in [1.29, 1.82) is 0 Å². The second-order valence-corrected chi connectivity index (χ2v) is 5.17. The fraction of sp³-hybridized carbons (Fsp3) is 0.0714. The van der Waals surface area contributed by atoms with E-state index in [1.54, 1.807) is 12.1 Å². The van der Waals surface area contributed by atoms with Gasteiger partial charge in [-0.15, -0.1) is 11.8 Å². The van der Waals surface area contributed by atoms with Crippen LogP contribution in [0.15, 0.2) is 41.3 Å². The van der Waals surface area contributed by atoms with E-state index in [1.165, 1.54) is 18.2 Å². The molecular formula is C14H12F2N2OS. The molecule has 0 fully saturated rings. The van der Waals surface area contributed by atoms with Crippen molar-refractivity contribution >= 4 is 23.4 Å². The van der Waals surface area contributed by atoms with Gasteiger partial charge >= 0.3 is 0 Å². The number of rotatable bonds is 4. The van der Waals surface area contributed by atoms with Gasteiger partial charge in [-0.3, -0.25) is 4.79 Å². The molecule has 2 aromatic rings. The lowest BCUT2D eigenvalue weighted by atomic mass is 10.1. The SMILES string of the molecule is NC(=O)c1ccc(CSc2ccc(N)cc2F)c(F)c1. The monoisotopic (exact) mass is 294 g/mol. The van der Waals surface area contributed by atoms with Crippen molar-refractivity contribution in [2.24, 2.45) is 5.73 Å². The molecule has 104 valence electrons. The van der Waals surface area contributed by atoms with Gasteiger partial charge in [-0.1, -0.05) is 6.07 Å². The van der Waals surface area contributed by atoms with Crippen LogP contribution in [0, 0.1) is 11.6 Å². The zero-order valence-electron chi connectivity index (χ0n) is 10.4. The molecule has 0 radical (unpaired) electrons. The van der Waals surface area contributed by atoms with Gasteiger partial charge < -0.3 is 11.5 Å². The largest absolute Gasteiger partial charge is 0.399 e. The third kappa shape index (κ3) is 3.27. The summed E-state index contributed by atoms with van der Waals surface area (Å²) in [4.78, 5) is 11.3. The van der Waals surface area contributed by atoms with Crippen molar-refractivity contribution in [1.82, 2.24) is 0 Å². The summed E-state index contributed by atoms with van der Waals surface area (Å²) in [5, 5.41) is 0. The number of carbonyl (C=O) groups excluding carboxylic acids is 1. The number of nitrogen functional groups attached to an aromatic ring is 1. The third-order valence-electron chi connectivity index (χ3n) is 2.68. The van der Waals surface area contributed by atoms with Gasteiger partial charge in [0, 0.05) is 21.9 Å². The summed E-state index contributed by atoms with van der Waals surface area (Å²) in [6.07, 6.45) is 0. The molecule has 0 aromatic heterocycles. The average molecular weight is 294 g/mol. The van der Waals surface area contributed by atoms with Crippen LogP contribution in [0.4, 0.5) is 14.5 Å². The molecule has 0 unspecified atom stereocenters. The number of nitrogens with two attached hydrogens (primary N) is 2. The van der Waals surface area contributed by atoms with E-state index in [0.29, 0.717) is 16.1 Å². The van der Waals surface area contributed by atoms with Crippen molar-refractivity contribution in [3.63, 3.8) is 0 Å². The minimum Gasteiger partial charge on any atom is -0.399 e. The lowest BCUT2D eigenvalue weighted by molar-refractivity contribution is 0.1000. The zero-order valence-corrected chi connectivity index (χ0v) is 11.2. The van der Waals surface area contributed by atoms with Crippen LogP contribution in [0.5, 0.6) is 0 Å². The number of hydrogen-bond donors (Lipinski definition) is 2. The first-order chi connectivity index (χ1) is 9.47. The minimum absolute atomic E-state index is 0.106. The van der Waals surface area contributed by atoms with E-state index in [2.05, 4.69) is 0 Å². The third-order valence-corrected chi connectivity index (χ3v) is 3.77. The number of carbonyl (C=O) groups is 1. The van der Waals surface area contributed by atoms with Gasteiger partial charge in [0.2, 0.25) is 5.91 Å². The highest BCUT2D eigenvalue weighted by molar-refractivity contribution is 7.98. The van der Waals surface area contributed by atoms with E-state index in [4.69, 9.17) is 11.5 Å². The Morgan fingerprint density at radius 2 is 1.85 bits per heavy atom. The normalized spacial score (nSPS) is 10.5. The number of hydrogen-bond acceptors (Lipinski definition) is 3. The molecule has 1 amide bonds. The Balaban J connectivity index is 2.13. The summed E-state index contributed by atoms with van der Waals surface area (Å²) in [5.41, 5.74) is 11.3. The molecule has 0 saturated carbocycles. The van der Waals surface area contributed by atoms with Crippen molar-refractivity contribution in [2.75, 3.05) is 5.73 Å². The topological polar surface area (TPSA) is 69.1 Å². The number of primary amides is 1. The van der Waals surface area contributed by atoms with Gasteiger partial charge in [-0.25, -0.2) is 8.78 Å². The highest BCUT2D eigenvalue weighted by Crippen LogP contribution is 2.27. The van der Waals surface area contributed by atoms with E-state index in [1.807, 2.05) is 0 Å². The van der Waals surface area contributed by atoms with Crippen LogP contribution in [0.1, 0.15) is 15.9 Å². The van der Waals surface area contributed by atoms with E-state index >= 15 is 0 Å². The number of anilines is 1. The number of thioether (sulfide) groups is 1. The van der Waals surface area contributed by atoms with Crippen LogP contribution in [-0.2, 0) is 5.75 Å². The van der Waals surface area contributed by atoms with Crippen molar-refractivity contribution < 1.29 is 13.6 Å². The summed E-state index contributed by atoms with van der Waals surface area (Å²) in [6, 6.07) is 8.34. The standard InChI is InChI=1S/C14H12F2N2OS/c15-11-5-8(14(18)19)1-2-9(11)7-20-13-4-3-10(17)6-12(13)16/h1-6H,7,17H2,(H2,18,19). The van der Waals surface area contributed by atoms with Gasteiger partial charge in [-0.2, -0.15) is 0 Å². The first kappa shape index (κ1) is 14.3. The molecule has 6 heteroatoms. The quantitative estimate of drug-likeness (QED) is 0.673. The lowest BCUT2D eigenvalue weighted by Crippen LogP contribution is -2.11. The van der Waals surface area contributed by atoms with Crippen LogP contribution < -0.4 is 11.5 Å². The Kier molecular flexibility index (Phi) is 4.24. The van der Waals surface area contributed by atoms with Crippen LogP contribution in [0.25, 0.3) is 0 Å². The van der Waals surface area contributed by atoms with Gasteiger partial charge in [0.05, 0.1) is 0 Å². The van der Waals surface area contributed by atoms with Gasteiger partial charge in [0.25, 0.3) is 0 Å². The first-order valence-electron chi connectivity index (χ1n) is 5.73. The Morgan fingerprint density at radius 1 is 1.10 bits per heavy atom. The fourth-order valence-corrected chi connectivity index (χ4v) is 2.51. The van der Waals surface area contributed by atoms with Crippen LogP contribution in [0.3, 0.4) is 0 Å². The molecule has 2 aromatic carbocycles. The maximum atomic E-state index is 13.7. The van der Waals surface area contributed by atoms with Crippen LogP contribution in [0.2, 0.25) is 0 Å². The summed E-state index contributed by atoms with van der Waals surface area (Å²) in [7, 11) is 0. The molecule has 0 aliphatic heterocycles. The van der Waals surface area contributed by atoms with Gasteiger partial charge in [-0.05, 0) is 35.9 Å². The Morgan fingerprint density at radius 3 is 2.45 bits per heavy atom. The smallest absolute Gasteiger partial charge is 0.248 e. The lowest BCUT2D eigenvalue weighted by Gasteiger charge is -2.06. The second kappa shape index (κ2) is 5.92. The van der Waals surface area contributed by atoms with Crippen molar-refractivity contribution in [3.05, 3.63) is 59.2 Å². The first-order valence-corrected chi connectivity index (χ1v) is 6.72. The molecule has 3 nitrogen and oxygen atoms in total. The second-order valence-electron chi connectivity index (χ2n) is 4.15. The average Bonchev–Trinajstić information content (AvgIpc) is 2.38. The molecule has 0 saturated heterocycles. The van der Waals surface area contributed by atoms with E-state index in [0.717, 1.165) is 17.8 Å². The molecule has 0 aliphatic carbocycles. The highest BCUT2D eigenvalue weighted by Gasteiger charge is 2.09. The Hall–Kier alpha value is -2.08. The minimum atomic E-state index is -0.687. The Labute approximate surface area is 119 Å². The van der Waals surface area contributed by atoms with Crippen molar-refractivity contribution in [3.8, 4) is 0 Å². The molecule has 4 N–H and O–H groups in total. The van der Waals surface area contributed by atoms with Gasteiger partial charge in [0.15, 0.2) is 0 Å². The molecule has 2 rings (SSSR count). The maximum Gasteiger partial charge on any atom is 0.248 e. The summed E-state index contributed by atoms with van der Waals surface area (Å²) < 4.78 is 27.3. The van der Waals surface area contributed by atoms with E-state index in [-0.39, 0.29) is 11.3 Å². The fourth-order valence-electron chi connectivity index (χ4n) is 1.61. The number of amides is 1. The van der Waals surface area contributed by atoms with E-state index in [9.17, 15) is 13.6 Å². The predicted molar refractivity (Wildman–Crippen MR) is 75.3 cm³/mol. The van der Waals surface area contributed by atoms with E-state index < -0.39 is 17.5 Å². The molecule has 0 spiro atoms. The van der Waals surface area contributed by atoms with Crippen LogP contribution >= 0.6 is 11.8 Å².